The molecule has 1 aromatic heterocycles. The van der Waals surface area contributed by atoms with E-state index in [1.165, 1.54) is 41.5 Å². The van der Waals surface area contributed by atoms with Crippen LogP contribution >= 0.6 is 0 Å². The Balaban J connectivity index is 1.97. The third-order valence-corrected chi connectivity index (χ3v) is 6.95. The molecule has 0 aliphatic heterocycles. The molecule has 3 nitrogen and oxygen atoms in total. The summed E-state index contributed by atoms with van der Waals surface area (Å²) < 4.78 is 6.02. The van der Waals surface area contributed by atoms with Gasteiger partial charge in [-0.05, 0) is 49.8 Å². The molecule has 2 aromatic carbocycles. The number of aryl methyl sites for hydroxylation is 3. The molecule has 3 rings (SSSR count). The van der Waals surface area contributed by atoms with Gasteiger partial charge in [0.05, 0.1) is 12.8 Å². The Hall–Kier alpha value is -2.65. The molecule has 0 amide bonds. The van der Waals surface area contributed by atoms with Crippen LogP contribution in [0.15, 0.2) is 48.5 Å². The number of benzene rings is 2. The number of hydrogen-bond acceptors (Lipinski definition) is 3. The Morgan fingerprint density at radius 3 is 2.15 bits per heavy atom. The van der Waals surface area contributed by atoms with Crippen molar-refractivity contribution in [3.63, 3.8) is 0 Å². The van der Waals surface area contributed by atoms with E-state index < -0.39 is 0 Å². The van der Waals surface area contributed by atoms with Gasteiger partial charge < -0.3 is 10.1 Å². The number of methoxy groups -OCH3 is 1. The zero-order valence-corrected chi connectivity index (χ0v) is 22.0. The maximum Gasteiger partial charge on any atom is 0.130 e. The summed E-state index contributed by atoms with van der Waals surface area (Å²) in [5.74, 6) is 0.961. The molecule has 3 aromatic rings. The summed E-state index contributed by atoms with van der Waals surface area (Å²) in [7, 11) is 1.79. The summed E-state index contributed by atoms with van der Waals surface area (Å²) in [5, 5.41) is 3.84. The fraction of sp³-hybridized carbons (Fsp3) is 0.452. The maximum atomic E-state index is 6.02. The lowest BCUT2D eigenvalue weighted by Gasteiger charge is -2.23. The molecule has 0 bridgehead atoms. The normalized spacial score (nSPS) is 12.1. The predicted molar refractivity (Wildman–Crippen MR) is 145 cm³/mol. The molecule has 0 fully saturated rings. The van der Waals surface area contributed by atoms with Crippen LogP contribution in [0.4, 0.5) is 0 Å². The number of hydrogen-bond donors (Lipinski definition) is 1. The molecule has 0 spiro atoms. The van der Waals surface area contributed by atoms with Crippen LogP contribution < -0.4 is 10.1 Å². The number of rotatable bonds is 12. The van der Waals surface area contributed by atoms with Crippen molar-refractivity contribution < 1.29 is 4.74 Å². The van der Waals surface area contributed by atoms with E-state index in [-0.39, 0.29) is 0 Å². The van der Waals surface area contributed by atoms with E-state index in [1.807, 2.05) is 0 Å². The van der Waals surface area contributed by atoms with Crippen molar-refractivity contribution in [3.05, 3.63) is 82.0 Å². The van der Waals surface area contributed by atoms with Gasteiger partial charge >= 0.3 is 0 Å². The number of unbranched alkanes of at least 4 members (excludes halogenated alkanes) is 2. The van der Waals surface area contributed by atoms with E-state index in [0.717, 1.165) is 54.1 Å². The van der Waals surface area contributed by atoms with Crippen LogP contribution in [0.25, 0.3) is 11.3 Å². The van der Waals surface area contributed by atoms with Crippen LogP contribution in [-0.4, -0.2) is 12.1 Å². The highest BCUT2D eigenvalue weighted by atomic mass is 16.5. The van der Waals surface area contributed by atoms with Crippen molar-refractivity contribution in [2.75, 3.05) is 7.11 Å². The van der Waals surface area contributed by atoms with Gasteiger partial charge in [-0.15, -0.1) is 0 Å². The van der Waals surface area contributed by atoms with Crippen LogP contribution in [0.1, 0.15) is 86.0 Å². The third kappa shape index (κ3) is 5.88. The van der Waals surface area contributed by atoms with Crippen molar-refractivity contribution in [1.29, 1.82) is 0 Å². The first kappa shape index (κ1) is 26.0. The fourth-order valence-electron chi connectivity index (χ4n) is 4.99. The molecule has 1 atom stereocenters. The molecule has 182 valence electrons. The lowest BCUT2D eigenvalue weighted by molar-refractivity contribution is 0.398. The summed E-state index contributed by atoms with van der Waals surface area (Å²) in [6.45, 7) is 11.7. The molecule has 0 aliphatic carbocycles. The molecule has 1 unspecified atom stereocenters. The summed E-state index contributed by atoms with van der Waals surface area (Å²) in [6.07, 6.45) is 6.84. The minimum atomic E-state index is 0.323. The molecule has 0 radical (unpaired) electrons. The Morgan fingerprint density at radius 2 is 1.56 bits per heavy atom. The molecule has 1 heterocycles. The minimum absolute atomic E-state index is 0.323. The Kier molecular flexibility index (Phi) is 9.71. The van der Waals surface area contributed by atoms with Crippen molar-refractivity contribution in [2.24, 2.45) is 0 Å². The average molecular weight is 459 g/mol. The molecule has 0 saturated heterocycles. The van der Waals surface area contributed by atoms with E-state index in [2.05, 4.69) is 88.5 Å². The number of ether oxygens (including phenoxy) is 1. The summed E-state index contributed by atoms with van der Waals surface area (Å²) in [4.78, 5) is 5.17. The summed E-state index contributed by atoms with van der Waals surface area (Å²) in [5.41, 5.74) is 9.72. The summed E-state index contributed by atoms with van der Waals surface area (Å²) in [6, 6.07) is 17.8. The highest BCUT2D eigenvalue weighted by molar-refractivity contribution is 5.73. The quantitative estimate of drug-likeness (QED) is 0.280. The van der Waals surface area contributed by atoms with Gasteiger partial charge in [-0.25, -0.2) is 0 Å². The number of nitrogens with one attached hydrogen (secondary N) is 1. The van der Waals surface area contributed by atoms with Gasteiger partial charge in [0, 0.05) is 35.0 Å². The Morgan fingerprint density at radius 1 is 0.882 bits per heavy atom. The van der Waals surface area contributed by atoms with Crippen LogP contribution in [0.3, 0.4) is 0 Å². The van der Waals surface area contributed by atoms with E-state index in [1.54, 1.807) is 7.11 Å². The number of aromatic nitrogens is 1. The zero-order chi connectivity index (χ0) is 24.5. The highest BCUT2D eigenvalue weighted by Crippen LogP contribution is 2.37. The second kappa shape index (κ2) is 12.7. The minimum Gasteiger partial charge on any atom is -0.496 e. The van der Waals surface area contributed by atoms with Gasteiger partial charge in [-0.3, -0.25) is 4.98 Å². The molecule has 3 heteroatoms. The molecule has 0 aliphatic rings. The maximum absolute atomic E-state index is 6.02. The lowest BCUT2D eigenvalue weighted by atomic mass is 9.91. The second-order valence-electron chi connectivity index (χ2n) is 9.18. The van der Waals surface area contributed by atoms with Crippen molar-refractivity contribution in [2.45, 2.75) is 85.7 Å². The monoisotopic (exact) mass is 458 g/mol. The van der Waals surface area contributed by atoms with Crippen LogP contribution in [-0.2, 0) is 19.4 Å². The molecular formula is C31H42N2O. The average Bonchev–Trinajstić information content (AvgIpc) is 2.87. The molecule has 34 heavy (non-hydrogen) atoms. The van der Waals surface area contributed by atoms with E-state index in [9.17, 15) is 0 Å². The van der Waals surface area contributed by atoms with Gasteiger partial charge in [-0.2, -0.15) is 0 Å². The SMILES string of the molecule is CCCCCC(NCc1c(C)nc(-c2c(CC)cccc2CC)c(C)c1OC)c1ccccc1. The first-order valence-electron chi connectivity index (χ1n) is 13.0. The van der Waals surface area contributed by atoms with Crippen LogP contribution in [0.5, 0.6) is 5.75 Å². The predicted octanol–water partition coefficient (Wildman–Crippen LogP) is 7.91. The third-order valence-electron chi connectivity index (χ3n) is 6.95. The Labute approximate surface area is 207 Å². The number of nitrogens with zero attached hydrogens (tertiary/aromatic N) is 1. The van der Waals surface area contributed by atoms with E-state index in [0.29, 0.717) is 6.04 Å². The Bertz CT molecular complexity index is 1040. The topological polar surface area (TPSA) is 34.2 Å². The van der Waals surface area contributed by atoms with Gasteiger partial charge in [0.2, 0.25) is 0 Å². The summed E-state index contributed by atoms with van der Waals surface area (Å²) >= 11 is 0. The van der Waals surface area contributed by atoms with Gasteiger partial charge in [0.1, 0.15) is 5.75 Å². The van der Waals surface area contributed by atoms with Crippen LogP contribution in [0.2, 0.25) is 0 Å². The van der Waals surface area contributed by atoms with Crippen molar-refractivity contribution in [3.8, 4) is 17.0 Å². The highest BCUT2D eigenvalue weighted by Gasteiger charge is 2.21. The lowest BCUT2D eigenvalue weighted by Crippen LogP contribution is -2.22. The van der Waals surface area contributed by atoms with Crippen LogP contribution in [0, 0.1) is 13.8 Å². The van der Waals surface area contributed by atoms with Gasteiger partial charge in [0.25, 0.3) is 0 Å². The first-order chi connectivity index (χ1) is 16.5. The molecular weight excluding hydrogens is 416 g/mol. The standard InChI is InChI=1S/C31H42N2O/c1-7-10-12-20-28(26-16-13-11-14-17-26)32-21-27-23(5)33-30(22(4)31(27)34-6)29-24(8-2)18-15-19-25(29)9-3/h11,13-19,28,32H,7-10,12,20-21H2,1-6H3. The molecule has 0 saturated carbocycles. The first-order valence-corrected chi connectivity index (χ1v) is 13.0. The fourth-order valence-corrected chi connectivity index (χ4v) is 4.99. The van der Waals surface area contributed by atoms with Crippen molar-refractivity contribution in [1.82, 2.24) is 10.3 Å². The number of pyridine rings is 1. The zero-order valence-electron chi connectivity index (χ0n) is 22.0. The van der Waals surface area contributed by atoms with Crippen molar-refractivity contribution >= 4 is 0 Å². The smallest absolute Gasteiger partial charge is 0.130 e. The van der Waals surface area contributed by atoms with E-state index >= 15 is 0 Å². The van der Waals surface area contributed by atoms with E-state index in [4.69, 9.17) is 9.72 Å². The largest absolute Gasteiger partial charge is 0.496 e. The second-order valence-corrected chi connectivity index (χ2v) is 9.18. The molecule has 1 N–H and O–H groups in total. The van der Waals surface area contributed by atoms with Gasteiger partial charge in [-0.1, -0.05) is 88.6 Å². The van der Waals surface area contributed by atoms with Gasteiger partial charge in [0.15, 0.2) is 0 Å².